The zero-order valence-electron chi connectivity index (χ0n) is 10.5. The maximum Gasteiger partial charge on any atom is 0.219 e. The zero-order valence-corrected chi connectivity index (χ0v) is 10.5. The molecule has 0 aliphatic rings. The van der Waals surface area contributed by atoms with Gasteiger partial charge in [0.15, 0.2) is 0 Å². The number of carbonyl (C=O) groups excluding carboxylic acids is 1. The van der Waals surface area contributed by atoms with E-state index in [1.54, 1.807) is 14.2 Å². The standard InChI is InChI=1S/C13H20N2O2/c1-14-13(16)7-4-8-15-10-11-5-3-6-12(9-11)17-2/h3,5-6,9,15H,4,7-8,10H2,1-2H3,(H,14,16). The number of nitrogens with one attached hydrogen (secondary N) is 2. The molecule has 0 fully saturated rings. The van der Waals surface area contributed by atoms with Gasteiger partial charge >= 0.3 is 0 Å². The summed E-state index contributed by atoms with van der Waals surface area (Å²) in [6, 6.07) is 7.95. The van der Waals surface area contributed by atoms with Gasteiger partial charge in [-0.25, -0.2) is 0 Å². The highest BCUT2D eigenvalue weighted by atomic mass is 16.5. The van der Waals surface area contributed by atoms with Crippen LogP contribution in [-0.4, -0.2) is 26.6 Å². The predicted octanol–water partition coefficient (Wildman–Crippen LogP) is 1.31. The molecule has 4 heteroatoms. The summed E-state index contributed by atoms with van der Waals surface area (Å²) < 4.78 is 5.15. The molecule has 0 saturated carbocycles. The highest BCUT2D eigenvalue weighted by Gasteiger charge is 1.98. The lowest BCUT2D eigenvalue weighted by atomic mass is 10.2. The number of hydrogen-bond acceptors (Lipinski definition) is 3. The van der Waals surface area contributed by atoms with Gasteiger partial charge in [0.25, 0.3) is 0 Å². The van der Waals surface area contributed by atoms with Gasteiger partial charge in [-0.2, -0.15) is 0 Å². The van der Waals surface area contributed by atoms with E-state index in [0.29, 0.717) is 6.42 Å². The van der Waals surface area contributed by atoms with Crippen molar-refractivity contribution >= 4 is 5.91 Å². The minimum atomic E-state index is 0.0909. The van der Waals surface area contributed by atoms with Crippen LogP contribution in [0.2, 0.25) is 0 Å². The summed E-state index contributed by atoms with van der Waals surface area (Å²) in [6.07, 6.45) is 1.42. The minimum absolute atomic E-state index is 0.0909. The number of methoxy groups -OCH3 is 1. The van der Waals surface area contributed by atoms with Crippen molar-refractivity contribution in [2.75, 3.05) is 20.7 Å². The molecule has 0 aromatic heterocycles. The maximum absolute atomic E-state index is 11.0. The van der Waals surface area contributed by atoms with Gasteiger partial charge in [-0.05, 0) is 30.7 Å². The maximum atomic E-state index is 11.0. The van der Waals surface area contributed by atoms with Gasteiger partial charge in [-0.15, -0.1) is 0 Å². The topological polar surface area (TPSA) is 50.4 Å². The van der Waals surface area contributed by atoms with Crippen LogP contribution in [-0.2, 0) is 11.3 Å². The molecule has 0 aliphatic heterocycles. The Kier molecular flexibility index (Phi) is 6.10. The average Bonchev–Trinajstić information content (AvgIpc) is 2.38. The van der Waals surface area contributed by atoms with E-state index in [-0.39, 0.29) is 5.91 Å². The van der Waals surface area contributed by atoms with Crippen molar-refractivity contribution in [3.05, 3.63) is 29.8 Å². The first-order valence-electron chi connectivity index (χ1n) is 5.80. The van der Waals surface area contributed by atoms with E-state index in [1.165, 1.54) is 5.56 Å². The second kappa shape index (κ2) is 7.68. The molecular weight excluding hydrogens is 216 g/mol. The minimum Gasteiger partial charge on any atom is -0.497 e. The Morgan fingerprint density at radius 2 is 2.24 bits per heavy atom. The summed E-state index contributed by atoms with van der Waals surface area (Å²) in [5.74, 6) is 0.961. The quantitative estimate of drug-likeness (QED) is 0.702. The van der Waals surface area contributed by atoms with E-state index in [4.69, 9.17) is 4.74 Å². The lowest BCUT2D eigenvalue weighted by molar-refractivity contribution is -0.120. The van der Waals surface area contributed by atoms with Crippen LogP contribution in [0.1, 0.15) is 18.4 Å². The number of ether oxygens (including phenoxy) is 1. The first kappa shape index (κ1) is 13.5. The lowest BCUT2D eigenvalue weighted by Crippen LogP contribution is -2.20. The van der Waals surface area contributed by atoms with Crippen LogP contribution in [0.15, 0.2) is 24.3 Å². The Morgan fingerprint density at radius 1 is 1.41 bits per heavy atom. The third kappa shape index (κ3) is 5.36. The number of rotatable bonds is 7. The van der Waals surface area contributed by atoms with E-state index in [1.807, 2.05) is 24.3 Å². The van der Waals surface area contributed by atoms with Crippen molar-refractivity contribution in [1.29, 1.82) is 0 Å². The van der Waals surface area contributed by atoms with Gasteiger partial charge in [0.2, 0.25) is 5.91 Å². The van der Waals surface area contributed by atoms with Gasteiger partial charge in [-0.3, -0.25) is 4.79 Å². The van der Waals surface area contributed by atoms with Gasteiger partial charge in [0, 0.05) is 20.0 Å². The lowest BCUT2D eigenvalue weighted by Gasteiger charge is -2.06. The van der Waals surface area contributed by atoms with Crippen LogP contribution in [0.3, 0.4) is 0 Å². The third-order valence-corrected chi connectivity index (χ3v) is 2.50. The van der Waals surface area contributed by atoms with Crippen molar-refractivity contribution in [3.63, 3.8) is 0 Å². The summed E-state index contributed by atoms with van der Waals surface area (Å²) in [5.41, 5.74) is 1.18. The summed E-state index contributed by atoms with van der Waals surface area (Å²) in [7, 11) is 3.32. The molecule has 1 aromatic rings. The first-order valence-corrected chi connectivity index (χ1v) is 5.80. The largest absolute Gasteiger partial charge is 0.497 e. The number of hydrogen-bond donors (Lipinski definition) is 2. The smallest absolute Gasteiger partial charge is 0.219 e. The van der Waals surface area contributed by atoms with E-state index in [0.717, 1.165) is 25.3 Å². The van der Waals surface area contributed by atoms with Gasteiger partial charge in [0.05, 0.1) is 7.11 Å². The van der Waals surface area contributed by atoms with Gasteiger partial charge < -0.3 is 15.4 Å². The molecule has 0 heterocycles. The molecule has 1 amide bonds. The molecule has 0 atom stereocenters. The molecule has 1 rings (SSSR count). The molecule has 1 aromatic carbocycles. The van der Waals surface area contributed by atoms with Crippen LogP contribution < -0.4 is 15.4 Å². The van der Waals surface area contributed by atoms with Crippen LogP contribution in [0.25, 0.3) is 0 Å². The van der Waals surface area contributed by atoms with E-state index in [9.17, 15) is 4.79 Å². The fourth-order valence-corrected chi connectivity index (χ4v) is 1.51. The highest BCUT2D eigenvalue weighted by molar-refractivity contribution is 5.75. The molecule has 2 N–H and O–H groups in total. The summed E-state index contributed by atoms with van der Waals surface area (Å²) in [4.78, 5) is 11.0. The van der Waals surface area contributed by atoms with E-state index < -0.39 is 0 Å². The third-order valence-electron chi connectivity index (χ3n) is 2.50. The molecule has 94 valence electrons. The molecule has 4 nitrogen and oxygen atoms in total. The first-order chi connectivity index (χ1) is 8.26. The Labute approximate surface area is 102 Å². The number of carbonyl (C=O) groups is 1. The molecule has 0 saturated heterocycles. The zero-order chi connectivity index (χ0) is 12.5. The molecule has 0 radical (unpaired) electrons. The van der Waals surface area contributed by atoms with Crippen LogP contribution >= 0.6 is 0 Å². The van der Waals surface area contributed by atoms with E-state index in [2.05, 4.69) is 10.6 Å². The van der Waals surface area contributed by atoms with Crippen molar-refractivity contribution in [3.8, 4) is 5.75 Å². The SMILES string of the molecule is CNC(=O)CCCNCc1cccc(OC)c1. The van der Waals surface area contributed by atoms with Crippen LogP contribution in [0.4, 0.5) is 0 Å². The second-order valence-electron chi connectivity index (χ2n) is 3.81. The van der Waals surface area contributed by atoms with Crippen molar-refractivity contribution in [2.24, 2.45) is 0 Å². The molecule has 17 heavy (non-hydrogen) atoms. The Bertz CT molecular complexity index is 353. The molecule has 0 bridgehead atoms. The van der Waals surface area contributed by atoms with Crippen molar-refractivity contribution in [2.45, 2.75) is 19.4 Å². The second-order valence-corrected chi connectivity index (χ2v) is 3.81. The monoisotopic (exact) mass is 236 g/mol. The molecule has 0 unspecified atom stereocenters. The summed E-state index contributed by atoms with van der Waals surface area (Å²) >= 11 is 0. The van der Waals surface area contributed by atoms with Crippen molar-refractivity contribution < 1.29 is 9.53 Å². The Balaban J connectivity index is 2.19. The number of benzene rings is 1. The summed E-state index contributed by atoms with van der Waals surface area (Å²) in [5, 5.41) is 5.90. The highest BCUT2D eigenvalue weighted by Crippen LogP contribution is 2.11. The Hall–Kier alpha value is -1.55. The molecule has 0 spiro atoms. The van der Waals surface area contributed by atoms with E-state index >= 15 is 0 Å². The van der Waals surface area contributed by atoms with Crippen LogP contribution in [0.5, 0.6) is 5.75 Å². The molecular formula is C13H20N2O2. The Morgan fingerprint density at radius 3 is 2.94 bits per heavy atom. The number of amides is 1. The normalized spacial score (nSPS) is 10.0. The van der Waals surface area contributed by atoms with Gasteiger partial charge in [-0.1, -0.05) is 12.1 Å². The molecule has 0 aliphatic carbocycles. The van der Waals surface area contributed by atoms with Crippen molar-refractivity contribution in [1.82, 2.24) is 10.6 Å². The van der Waals surface area contributed by atoms with Gasteiger partial charge in [0.1, 0.15) is 5.75 Å². The summed E-state index contributed by atoms with van der Waals surface area (Å²) in [6.45, 7) is 1.63. The van der Waals surface area contributed by atoms with Crippen LogP contribution in [0, 0.1) is 0 Å². The fourth-order valence-electron chi connectivity index (χ4n) is 1.51. The fraction of sp³-hybridized carbons (Fsp3) is 0.462. The average molecular weight is 236 g/mol. The predicted molar refractivity (Wildman–Crippen MR) is 68.0 cm³/mol.